The molecule has 0 aliphatic rings. The number of halogens is 3. The number of rotatable bonds is 3. The van der Waals surface area contributed by atoms with Crippen LogP contribution in [0.1, 0.15) is 22.8 Å². The molecule has 0 radical (unpaired) electrons. The minimum atomic E-state index is -0.634. The van der Waals surface area contributed by atoms with Crippen molar-refractivity contribution in [3.8, 4) is 0 Å². The molecule has 0 aliphatic carbocycles. The van der Waals surface area contributed by atoms with Crippen LogP contribution in [-0.2, 0) is 6.42 Å². The second kappa shape index (κ2) is 6.33. The lowest BCUT2D eigenvalue weighted by molar-refractivity contribution is 0.177. The molecule has 2 aromatic carbocycles. The van der Waals surface area contributed by atoms with E-state index in [1.165, 1.54) is 12.1 Å². The number of benzene rings is 2. The molecule has 100 valence electrons. The fourth-order valence-electron chi connectivity index (χ4n) is 1.95. The molecule has 2 rings (SSSR count). The lowest BCUT2D eigenvalue weighted by Gasteiger charge is -2.15. The molecule has 0 spiro atoms. The first-order chi connectivity index (χ1) is 8.99. The molecular weight excluding hydrogens is 422 g/mol. The Labute approximate surface area is 134 Å². The lowest BCUT2D eigenvalue weighted by atomic mass is 10.00. The third-order valence-electron chi connectivity index (χ3n) is 3.00. The van der Waals surface area contributed by atoms with Crippen LogP contribution in [0.2, 0.25) is 0 Å². The third-order valence-corrected chi connectivity index (χ3v) is 5.25. The van der Waals surface area contributed by atoms with Crippen LogP contribution in [0.3, 0.4) is 0 Å². The zero-order valence-electron chi connectivity index (χ0n) is 10.3. The summed E-state index contributed by atoms with van der Waals surface area (Å²) in [4.78, 5) is 0. The summed E-state index contributed by atoms with van der Waals surface area (Å²) in [5.41, 5.74) is 2.79. The first-order valence-electron chi connectivity index (χ1n) is 5.86. The summed E-state index contributed by atoms with van der Waals surface area (Å²) >= 11 is 5.62. The van der Waals surface area contributed by atoms with Crippen molar-refractivity contribution in [2.75, 3.05) is 0 Å². The van der Waals surface area contributed by atoms with E-state index in [0.717, 1.165) is 24.7 Å². The van der Waals surface area contributed by atoms with E-state index in [2.05, 4.69) is 38.5 Å². The minimum Gasteiger partial charge on any atom is -0.388 e. The second-order valence-electron chi connectivity index (χ2n) is 4.43. The highest BCUT2D eigenvalue weighted by Crippen LogP contribution is 2.28. The van der Waals surface area contributed by atoms with Crippen LogP contribution in [0.5, 0.6) is 0 Å². The highest BCUT2D eigenvalue weighted by molar-refractivity contribution is 14.1. The van der Waals surface area contributed by atoms with E-state index in [0.29, 0.717) is 6.42 Å². The zero-order chi connectivity index (χ0) is 14.0. The number of hydrogen-bond donors (Lipinski definition) is 1. The van der Waals surface area contributed by atoms with Gasteiger partial charge in [-0.15, -0.1) is 0 Å². The minimum absolute atomic E-state index is 0.288. The summed E-state index contributed by atoms with van der Waals surface area (Å²) in [6.45, 7) is 2.01. The Morgan fingerprint density at radius 1 is 1.32 bits per heavy atom. The Balaban J connectivity index is 2.28. The van der Waals surface area contributed by atoms with E-state index in [-0.39, 0.29) is 5.82 Å². The molecule has 4 heteroatoms. The topological polar surface area (TPSA) is 20.2 Å². The van der Waals surface area contributed by atoms with Gasteiger partial charge in [-0.05, 0) is 64.4 Å². The van der Waals surface area contributed by atoms with Gasteiger partial charge in [-0.25, -0.2) is 4.39 Å². The fraction of sp³-hybridized carbons (Fsp3) is 0.200. The second-order valence-corrected chi connectivity index (χ2v) is 6.37. The van der Waals surface area contributed by atoms with Gasteiger partial charge < -0.3 is 5.11 Å². The Morgan fingerprint density at radius 3 is 2.79 bits per heavy atom. The van der Waals surface area contributed by atoms with E-state index < -0.39 is 6.10 Å². The molecule has 19 heavy (non-hydrogen) atoms. The molecular formula is C15H13BrFIO. The molecule has 1 unspecified atom stereocenters. The molecule has 1 N–H and O–H groups in total. The van der Waals surface area contributed by atoms with Crippen LogP contribution < -0.4 is 0 Å². The number of hydrogen-bond acceptors (Lipinski definition) is 1. The summed E-state index contributed by atoms with van der Waals surface area (Å²) in [5.74, 6) is -0.288. The van der Waals surface area contributed by atoms with E-state index in [1.54, 1.807) is 6.07 Å². The fourth-order valence-corrected chi connectivity index (χ4v) is 3.07. The van der Waals surface area contributed by atoms with Crippen molar-refractivity contribution in [3.63, 3.8) is 0 Å². The van der Waals surface area contributed by atoms with Crippen molar-refractivity contribution in [3.05, 3.63) is 66.9 Å². The molecule has 0 heterocycles. The van der Waals surface area contributed by atoms with Gasteiger partial charge >= 0.3 is 0 Å². The predicted octanol–water partition coefficient (Wildman–Crippen LogP) is 4.78. The zero-order valence-corrected chi connectivity index (χ0v) is 14.1. The Kier molecular flexibility index (Phi) is 4.97. The molecule has 0 aromatic heterocycles. The highest BCUT2D eigenvalue weighted by Gasteiger charge is 2.15. The number of aryl methyl sites for hydroxylation is 1. The van der Waals surface area contributed by atoms with Crippen LogP contribution in [0.15, 0.2) is 40.9 Å². The Morgan fingerprint density at radius 2 is 2.05 bits per heavy atom. The van der Waals surface area contributed by atoms with Crippen LogP contribution in [0, 0.1) is 16.3 Å². The third kappa shape index (κ3) is 3.55. The van der Waals surface area contributed by atoms with Gasteiger partial charge in [0.15, 0.2) is 0 Å². The average molecular weight is 435 g/mol. The van der Waals surface area contributed by atoms with Gasteiger partial charge in [0.25, 0.3) is 0 Å². The van der Waals surface area contributed by atoms with Crippen molar-refractivity contribution in [2.45, 2.75) is 19.4 Å². The molecule has 0 saturated heterocycles. The van der Waals surface area contributed by atoms with Gasteiger partial charge in [-0.1, -0.05) is 34.1 Å². The van der Waals surface area contributed by atoms with Crippen LogP contribution >= 0.6 is 38.5 Å². The van der Waals surface area contributed by atoms with E-state index in [4.69, 9.17) is 0 Å². The van der Waals surface area contributed by atoms with Crippen LogP contribution in [0.4, 0.5) is 4.39 Å². The first kappa shape index (κ1) is 14.9. The molecule has 0 saturated carbocycles. The number of aliphatic hydroxyl groups excluding tert-OH is 1. The first-order valence-corrected chi connectivity index (χ1v) is 7.73. The van der Waals surface area contributed by atoms with Crippen molar-refractivity contribution >= 4 is 38.5 Å². The molecule has 2 aromatic rings. The maximum Gasteiger partial charge on any atom is 0.123 e. The molecule has 0 amide bonds. The van der Waals surface area contributed by atoms with E-state index in [9.17, 15) is 9.50 Å². The van der Waals surface area contributed by atoms with Crippen molar-refractivity contribution < 1.29 is 9.50 Å². The molecule has 1 nitrogen and oxygen atoms in total. The summed E-state index contributed by atoms with van der Waals surface area (Å²) in [7, 11) is 0. The van der Waals surface area contributed by atoms with Crippen molar-refractivity contribution in [2.24, 2.45) is 0 Å². The van der Waals surface area contributed by atoms with Crippen LogP contribution in [-0.4, -0.2) is 5.11 Å². The summed E-state index contributed by atoms with van der Waals surface area (Å²) < 4.78 is 15.1. The largest absolute Gasteiger partial charge is 0.388 e. The monoisotopic (exact) mass is 434 g/mol. The molecule has 0 fully saturated rings. The van der Waals surface area contributed by atoms with Gasteiger partial charge in [0, 0.05) is 14.5 Å². The average Bonchev–Trinajstić information content (AvgIpc) is 2.37. The normalized spacial score (nSPS) is 12.5. The lowest BCUT2D eigenvalue weighted by Crippen LogP contribution is -2.05. The number of aliphatic hydroxyl groups is 1. The Hall–Kier alpha value is -0.460. The summed E-state index contributed by atoms with van der Waals surface area (Å²) in [5, 5.41) is 10.3. The van der Waals surface area contributed by atoms with Gasteiger partial charge in [0.2, 0.25) is 0 Å². The Bertz CT molecular complexity index is 601. The van der Waals surface area contributed by atoms with Crippen LogP contribution in [0.25, 0.3) is 0 Å². The summed E-state index contributed by atoms with van der Waals surface area (Å²) in [6.07, 6.45) is -0.248. The smallest absolute Gasteiger partial charge is 0.123 e. The maximum atomic E-state index is 13.2. The SMILES string of the molecule is Cc1cccc(C(O)Cc2cc(F)ccc2Br)c1I. The predicted molar refractivity (Wildman–Crippen MR) is 86.7 cm³/mol. The van der Waals surface area contributed by atoms with Crippen molar-refractivity contribution in [1.29, 1.82) is 0 Å². The quantitative estimate of drug-likeness (QED) is 0.689. The van der Waals surface area contributed by atoms with Gasteiger partial charge in [-0.3, -0.25) is 0 Å². The molecule has 0 aliphatic heterocycles. The standard InChI is InChI=1S/C15H13BrFIO/c1-9-3-2-4-12(15(9)18)14(19)8-10-7-11(17)5-6-13(10)16/h2-7,14,19H,8H2,1H3. The summed E-state index contributed by atoms with van der Waals surface area (Å²) in [6, 6.07) is 10.4. The van der Waals surface area contributed by atoms with Gasteiger partial charge in [0.1, 0.15) is 5.82 Å². The van der Waals surface area contributed by atoms with Crippen molar-refractivity contribution in [1.82, 2.24) is 0 Å². The van der Waals surface area contributed by atoms with E-state index in [1.807, 2.05) is 25.1 Å². The van der Waals surface area contributed by atoms with Gasteiger partial charge in [0.05, 0.1) is 6.10 Å². The molecule has 1 atom stereocenters. The van der Waals surface area contributed by atoms with E-state index >= 15 is 0 Å². The maximum absolute atomic E-state index is 13.2. The highest BCUT2D eigenvalue weighted by atomic mass is 127. The molecule has 0 bridgehead atoms. The van der Waals surface area contributed by atoms with Gasteiger partial charge in [-0.2, -0.15) is 0 Å².